The summed E-state index contributed by atoms with van der Waals surface area (Å²) in [5, 5.41) is 35.3. The fourth-order valence-corrected chi connectivity index (χ4v) is 5.45. The molecule has 18 heteroatoms. The second kappa shape index (κ2) is 10.3. The second-order valence-corrected chi connectivity index (χ2v) is 12.0. The van der Waals surface area contributed by atoms with Gasteiger partial charge in [-0.15, -0.1) is 15.3 Å². The van der Waals surface area contributed by atoms with Crippen molar-refractivity contribution in [2.45, 2.75) is 14.7 Å². The maximum atomic E-state index is 12.1. The van der Waals surface area contributed by atoms with E-state index in [9.17, 15) is 49.1 Å². The maximum Gasteiger partial charge on any atom is 0.296 e. The van der Waals surface area contributed by atoms with E-state index in [1.165, 1.54) is 24.3 Å². The molecule has 0 unspecified atom stereocenters. The Morgan fingerprint density at radius 2 is 0.975 bits per heavy atom. The first-order valence-corrected chi connectivity index (χ1v) is 14.9. The highest BCUT2D eigenvalue weighted by atomic mass is 32.2. The molecule has 0 amide bonds. The minimum absolute atomic E-state index is 0.209. The van der Waals surface area contributed by atoms with E-state index in [-0.39, 0.29) is 5.69 Å². The molecule has 0 spiro atoms. The van der Waals surface area contributed by atoms with Gasteiger partial charge < -0.3 is 10.2 Å². The first-order chi connectivity index (χ1) is 18.6. The topological polar surface area (TPSA) is 253 Å². The van der Waals surface area contributed by atoms with Crippen molar-refractivity contribution < 1.29 is 49.1 Å². The number of rotatable bonds is 7. The Morgan fingerprint density at radius 1 is 0.525 bits per heavy atom. The van der Waals surface area contributed by atoms with Crippen molar-refractivity contribution in [2.75, 3.05) is 0 Å². The van der Waals surface area contributed by atoms with Crippen molar-refractivity contribution in [1.82, 2.24) is 0 Å². The quantitative estimate of drug-likeness (QED) is 0.140. The van der Waals surface area contributed by atoms with Crippen molar-refractivity contribution in [3.63, 3.8) is 0 Å². The first kappa shape index (κ1) is 28.7. The smallest absolute Gasteiger partial charge is 0.296 e. The second-order valence-electron chi connectivity index (χ2n) is 7.87. The normalized spacial score (nSPS) is 13.0. The highest BCUT2D eigenvalue weighted by Gasteiger charge is 2.29. The number of hydrogen-bond acceptors (Lipinski definition) is 12. The van der Waals surface area contributed by atoms with Crippen molar-refractivity contribution >= 4 is 63.9 Å². The molecular weight excluding hydrogens is 592 g/mol. The number of azo groups is 2. The molecule has 0 saturated carbocycles. The lowest BCUT2D eigenvalue weighted by molar-refractivity contribution is 0.458. The van der Waals surface area contributed by atoms with Crippen LogP contribution in [0.4, 0.5) is 22.7 Å². The Morgan fingerprint density at radius 3 is 1.48 bits per heavy atom. The van der Waals surface area contributed by atoms with Crippen LogP contribution in [-0.2, 0) is 30.4 Å². The number of hydrogen-bond donors (Lipinski definition) is 5. The molecule has 15 nitrogen and oxygen atoms in total. The first-order valence-electron chi connectivity index (χ1n) is 10.5. The van der Waals surface area contributed by atoms with Crippen molar-refractivity contribution in [3.05, 3.63) is 66.7 Å². The summed E-state index contributed by atoms with van der Waals surface area (Å²) in [7, 11) is -15.2. The summed E-state index contributed by atoms with van der Waals surface area (Å²) in [4.78, 5) is -2.88. The summed E-state index contributed by atoms with van der Waals surface area (Å²) >= 11 is 0. The summed E-state index contributed by atoms with van der Waals surface area (Å²) in [6.07, 6.45) is 0. The maximum absolute atomic E-state index is 12.1. The van der Waals surface area contributed by atoms with Crippen molar-refractivity contribution in [2.24, 2.45) is 20.5 Å². The third-order valence-electron chi connectivity index (χ3n) is 5.23. The van der Waals surface area contributed by atoms with Gasteiger partial charge in [-0.05, 0) is 41.8 Å². The van der Waals surface area contributed by atoms with Gasteiger partial charge in [0.15, 0.2) is 11.5 Å². The summed E-state index contributed by atoms with van der Waals surface area (Å²) in [5.74, 6) is -2.24. The third-order valence-corrected chi connectivity index (χ3v) is 7.86. The van der Waals surface area contributed by atoms with Gasteiger partial charge in [-0.1, -0.05) is 30.3 Å². The lowest BCUT2D eigenvalue weighted by Crippen LogP contribution is -2.02. The molecule has 0 atom stereocenters. The Bertz CT molecular complexity index is 2050. The number of fused-ring (bicyclic) bond motifs is 1. The number of benzene rings is 4. The Labute approximate surface area is 226 Å². The molecule has 0 aliphatic rings. The molecule has 4 rings (SSSR count). The predicted octanol–water partition coefficient (Wildman–Crippen LogP) is 4.82. The van der Waals surface area contributed by atoms with E-state index >= 15 is 0 Å². The molecule has 0 aliphatic heterocycles. The van der Waals surface area contributed by atoms with Gasteiger partial charge in [-0.3, -0.25) is 13.7 Å². The van der Waals surface area contributed by atoms with Gasteiger partial charge in [-0.25, -0.2) is 0 Å². The lowest BCUT2D eigenvalue weighted by Gasteiger charge is -2.13. The van der Waals surface area contributed by atoms with Crippen LogP contribution in [0.3, 0.4) is 0 Å². The molecule has 0 saturated heterocycles. The average Bonchev–Trinajstić information content (AvgIpc) is 2.86. The van der Waals surface area contributed by atoms with Crippen LogP contribution < -0.4 is 0 Å². The van der Waals surface area contributed by atoms with Crippen molar-refractivity contribution in [1.29, 1.82) is 0 Å². The summed E-state index contributed by atoms with van der Waals surface area (Å²) in [6.45, 7) is 0. The number of aromatic hydroxyl groups is 2. The highest BCUT2D eigenvalue weighted by molar-refractivity contribution is 7.86. The molecule has 4 aromatic rings. The van der Waals surface area contributed by atoms with Crippen LogP contribution in [0.1, 0.15) is 0 Å². The van der Waals surface area contributed by atoms with Gasteiger partial charge >= 0.3 is 0 Å². The molecule has 0 bridgehead atoms. The van der Waals surface area contributed by atoms with Gasteiger partial charge in [0.25, 0.3) is 30.4 Å². The lowest BCUT2D eigenvalue weighted by atomic mass is 10.1. The van der Waals surface area contributed by atoms with E-state index in [0.29, 0.717) is 12.1 Å². The van der Waals surface area contributed by atoms with Crippen molar-refractivity contribution in [3.8, 4) is 11.5 Å². The van der Waals surface area contributed by atoms with E-state index in [1.54, 1.807) is 18.2 Å². The van der Waals surface area contributed by atoms with E-state index < -0.39 is 84.4 Å². The predicted molar refractivity (Wildman–Crippen MR) is 138 cm³/mol. The Hall–Kier alpha value is -4.33. The van der Waals surface area contributed by atoms with Crippen LogP contribution in [0, 0.1) is 0 Å². The summed E-state index contributed by atoms with van der Waals surface area (Å²) in [6, 6.07) is 13.6. The van der Waals surface area contributed by atoms with Gasteiger partial charge in [0, 0.05) is 0 Å². The number of phenolic OH excluding ortho intramolecular Hbond substituents is 2. The SMILES string of the molecule is O=S(=O)(O)c1ccccc1N=Nc1c(S(=O)(=O)O)cc2cc(S(=O)(=O)O)c(N=Nc3ccccc3)c(O)c2c1O. The minimum atomic E-state index is -5.22. The summed E-state index contributed by atoms with van der Waals surface area (Å²) in [5.41, 5.74) is -2.12. The standard InChI is InChI=1S/C22H16N4O11S3/c27-21-18-12(10-16(39(32,33)34)19(21)25-23-13-6-2-1-3-7-13)11-17(40(35,36)37)20(22(18)28)26-24-14-8-4-5-9-15(14)38(29,30)31/h1-11,27-28H,(H,29,30,31)(H,32,33,34)(H,35,36,37). The van der Waals surface area contributed by atoms with Gasteiger partial charge in [0.1, 0.15) is 31.7 Å². The van der Waals surface area contributed by atoms with E-state index in [1.807, 2.05) is 0 Å². The molecule has 5 N–H and O–H groups in total. The molecule has 0 aromatic heterocycles. The van der Waals surface area contributed by atoms with Gasteiger partial charge in [0.05, 0.1) is 11.1 Å². The minimum Gasteiger partial charge on any atom is -0.505 e. The molecule has 0 heterocycles. The highest BCUT2D eigenvalue weighted by Crippen LogP contribution is 2.50. The van der Waals surface area contributed by atoms with Crippen LogP contribution >= 0.6 is 0 Å². The molecule has 0 radical (unpaired) electrons. The zero-order valence-corrected chi connectivity index (χ0v) is 22.0. The molecule has 208 valence electrons. The molecule has 0 fully saturated rings. The Balaban J connectivity index is 2.05. The van der Waals surface area contributed by atoms with E-state index in [0.717, 1.165) is 12.1 Å². The summed E-state index contributed by atoms with van der Waals surface area (Å²) < 4.78 is 101. The van der Waals surface area contributed by atoms with Crippen LogP contribution in [-0.4, -0.2) is 49.1 Å². The Kier molecular flexibility index (Phi) is 7.41. The molecule has 40 heavy (non-hydrogen) atoms. The van der Waals surface area contributed by atoms with Crippen LogP contribution in [0.2, 0.25) is 0 Å². The van der Waals surface area contributed by atoms with Gasteiger partial charge in [0.2, 0.25) is 0 Å². The fraction of sp³-hybridized carbons (Fsp3) is 0. The average molecular weight is 609 g/mol. The number of phenols is 2. The molecule has 0 aliphatic carbocycles. The third kappa shape index (κ3) is 5.81. The van der Waals surface area contributed by atoms with E-state index in [2.05, 4.69) is 20.5 Å². The van der Waals surface area contributed by atoms with Gasteiger partial charge in [-0.2, -0.15) is 30.4 Å². The van der Waals surface area contributed by atoms with Crippen LogP contribution in [0.5, 0.6) is 11.5 Å². The van der Waals surface area contributed by atoms with Crippen LogP contribution in [0.15, 0.2) is 102 Å². The molecular formula is C22H16N4O11S3. The largest absolute Gasteiger partial charge is 0.505 e. The fourth-order valence-electron chi connectivity index (χ4n) is 3.51. The molecule has 4 aromatic carbocycles. The zero-order chi connectivity index (χ0) is 29.5. The number of nitrogens with zero attached hydrogens (tertiary/aromatic N) is 4. The monoisotopic (exact) mass is 608 g/mol. The van der Waals surface area contributed by atoms with E-state index in [4.69, 9.17) is 0 Å². The van der Waals surface area contributed by atoms with Crippen LogP contribution in [0.25, 0.3) is 10.8 Å². The zero-order valence-electron chi connectivity index (χ0n) is 19.6.